The Morgan fingerprint density at radius 2 is 1.76 bits per heavy atom. The van der Waals surface area contributed by atoms with Crippen molar-refractivity contribution in [3.8, 4) is 0 Å². The summed E-state index contributed by atoms with van der Waals surface area (Å²) in [7, 11) is 0. The predicted molar refractivity (Wildman–Crippen MR) is 100 cm³/mol. The quantitative estimate of drug-likeness (QED) is 0.863. The molecule has 0 aromatic carbocycles. The van der Waals surface area contributed by atoms with Crippen LogP contribution >= 0.6 is 0 Å². The van der Waals surface area contributed by atoms with E-state index in [-0.39, 0.29) is 5.91 Å². The van der Waals surface area contributed by atoms with Crippen LogP contribution in [-0.2, 0) is 6.42 Å². The van der Waals surface area contributed by atoms with Gasteiger partial charge in [0.05, 0.1) is 5.56 Å². The second-order valence-electron chi connectivity index (χ2n) is 6.75. The second kappa shape index (κ2) is 7.21. The Kier molecular flexibility index (Phi) is 5.02. The van der Waals surface area contributed by atoms with E-state index in [4.69, 9.17) is 0 Å². The number of pyridine rings is 2. The molecule has 2 aromatic heterocycles. The molecule has 1 aliphatic heterocycles. The number of anilines is 1. The summed E-state index contributed by atoms with van der Waals surface area (Å²) in [5.41, 5.74) is 5.26. The number of carbonyl (C=O) groups is 1. The van der Waals surface area contributed by atoms with Crippen molar-refractivity contribution in [1.29, 1.82) is 0 Å². The van der Waals surface area contributed by atoms with Crippen molar-refractivity contribution in [1.82, 2.24) is 14.9 Å². The van der Waals surface area contributed by atoms with Gasteiger partial charge in [0.1, 0.15) is 5.82 Å². The lowest BCUT2D eigenvalue weighted by molar-refractivity contribution is 0.0745. The summed E-state index contributed by atoms with van der Waals surface area (Å²) in [5.74, 6) is 1.12. The number of hydrogen-bond donors (Lipinski definition) is 0. The van der Waals surface area contributed by atoms with Gasteiger partial charge in [0, 0.05) is 44.8 Å². The summed E-state index contributed by atoms with van der Waals surface area (Å²) in [6.45, 7) is 11.3. The molecule has 3 heterocycles. The van der Waals surface area contributed by atoms with E-state index < -0.39 is 0 Å². The van der Waals surface area contributed by atoms with Crippen LogP contribution in [0.5, 0.6) is 0 Å². The molecule has 1 saturated heterocycles. The van der Waals surface area contributed by atoms with Gasteiger partial charge < -0.3 is 9.80 Å². The van der Waals surface area contributed by atoms with Crippen molar-refractivity contribution < 1.29 is 4.79 Å². The normalized spacial score (nSPS) is 14.7. The fourth-order valence-electron chi connectivity index (χ4n) is 3.29. The van der Waals surface area contributed by atoms with E-state index in [0.29, 0.717) is 13.1 Å². The van der Waals surface area contributed by atoms with Crippen molar-refractivity contribution in [2.45, 2.75) is 34.1 Å². The van der Waals surface area contributed by atoms with E-state index in [1.54, 1.807) is 12.4 Å². The molecule has 0 N–H and O–H groups in total. The highest BCUT2D eigenvalue weighted by Crippen LogP contribution is 2.21. The fourth-order valence-corrected chi connectivity index (χ4v) is 3.29. The minimum absolute atomic E-state index is 0.0827. The summed E-state index contributed by atoms with van der Waals surface area (Å²) in [6, 6.07) is 2.21. The Balaban J connectivity index is 1.69. The molecule has 0 unspecified atom stereocenters. The lowest BCUT2D eigenvalue weighted by Crippen LogP contribution is -2.49. The summed E-state index contributed by atoms with van der Waals surface area (Å²) >= 11 is 0. The summed E-state index contributed by atoms with van der Waals surface area (Å²) in [6.07, 6.45) is 6.45. The number of hydrogen-bond acceptors (Lipinski definition) is 4. The molecule has 0 saturated carbocycles. The highest BCUT2D eigenvalue weighted by atomic mass is 16.2. The van der Waals surface area contributed by atoms with Crippen LogP contribution in [0.25, 0.3) is 0 Å². The van der Waals surface area contributed by atoms with Gasteiger partial charge >= 0.3 is 0 Å². The molecule has 0 radical (unpaired) electrons. The molecule has 0 spiro atoms. The Bertz CT molecular complexity index is 779. The van der Waals surface area contributed by atoms with E-state index in [1.165, 1.54) is 11.1 Å². The molecule has 1 fully saturated rings. The molecule has 1 aliphatic rings. The molecule has 5 nitrogen and oxygen atoms in total. The average Bonchev–Trinajstić information content (AvgIpc) is 2.63. The van der Waals surface area contributed by atoms with Crippen LogP contribution < -0.4 is 4.90 Å². The molecule has 3 rings (SSSR count). The van der Waals surface area contributed by atoms with E-state index in [2.05, 4.69) is 34.8 Å². The van der Waals surface area contributed by atoms with Gasteiger partial charge in [-0.15, -0.1) is 0 Å². The molecule has 0 atom stereocenters. The first-order chi connectivity index (χ1) is 12.0. The van der Waals surface area contributed by atoms with Gasteiger partial charge in [-0.05, 0) is 49.4 Å². The first kappa shape index (κ1) is 17.4. The molecule has 0 bridgehead atoms. The van der Waals surface area contributed by atoms with Crippen LogP contribution in [0.2, 0.25) is 0 Å². The van der Waals surface area contributed by atoms with Gasteiger partial charge in [-0.2, -0.15) is 0 Å². The lowest BCUT2D eigenvalue weighted by atomic mass is 10.1. The third-order valence-corrected chi connectivity index (χ3v) is 5.08. The highest BCUT2D eigenvalue weighted by Gasteiger charge is 2.25. The summed E-state index contributed by atoms with van der Waals surface area (Å²) in [4.78, 5) is 25.8. The van der Waals surface area contributed by atoms with Gasteiger partial charge in [-0.1, -0.05) is 13.0 Å². The third-order valence-electron chi connectivity index (χ3n) is 5.08. The van der Waals surface area contributed by atoms with Crippen LogP contribution in [0, 0.1) is 20.8 Å². The van der Waals surface area contributed by atoms with Crippen molar-refractivity contribution in [3.05, 3.63) is 52.5 Å². The molecule has 25 heavy (non-hydrogen) atoms. The van der Waals surface area contributed by atoms with E-state index in [0.717, 1.165) is 42.0 Å². The number of piperazine rings is 1. The summed E-state index contributed by atoms with van der Waals surface area (Å²) < 4.78 is 0. The molecule has 0 aliphatic carbocycles. The SMILES string of the molecule is CCc1cnc(N2CCN(C(=O)c3cncc(C)c3C)CC2)c(C)c1. The predicted octanol–water partition coefficient (Wildman–Crippen LogP) is 2.93. The number of nitrogens with zero attached hydrogens (tertiary/aromatic N) is 4. The van der Waals surface area contributed by atoms with Crippen molar-refractivity contribution in [2.75, 3.05) is 31.1 Å². The number of carbonyl (C=O) groups excluding carboxylic acids is 1. The van der Waals surface area contributed by atoms with Crippen LogP contribution in [0.4, 0.5) is 5.82 Å². The molecule has 1 amide bonds. The number of amides is 1. The van der Waals surface area contributed by atoms with E-state index in [9.17, 15) is 4.79 Å². The zero-order valence-corrected chi connectivity index (χ0v) is 15.5. The Morgan fingerprint density at radius 3 is 2.40 bits per heavy atom. The van der Waals surface area contributed by atoms with Gasteiger partial charge in [-0.25, -0.2) is 4.98 Å². The molecule has 132 valence electrons. The topological polar surface area (TPSA) is 49.3 Å². The zero-order chi connectivity index (χ0) is 18.0. The first-order valence-electron chi connectivity index (χ1n) is 8.92. The average molecular weight is 338 g/mol. The highest BCUT2D eigenvalue weighted by molar-refractivity contribution is 5.95. The monoisotopic (exact) mass is 338 g/mol. The Morgan fingerprint density at radius 1 is 1.04 bits per heavy atom. The van der Waals surface area contributed by atoms with Gasteiger partial charge in [0.2, 0.25) is 0 Å². The molecular weight excluding hydrogens is 312 g/mol. The standard InChI is InChI=1S/C20H26N4O/c1-5-17-10-14(2)19(22-12-17)23-6-8-24(9-7-23)20(25)18-13-21-11-15(3)16(18)4/h10-13H,5-9H2,1-4H3. The smallest absolute Gasteiger partial charge is 0.255 e. The Labute approximate surface area is 149 Å². The largest absolute Gasteiger partial charge is 0.353 e. The molecular formula is C20H26N4O. The van der Waals surface area contributed by atoms with Gasteiger partial charge in [-0.3, -0.25) is 9.78 Å². The van der Waals surface area contributed by atoms with Crippen LogP contribution in [0.3, 0.4) is 0 Å². The number of rotatable bonds is 3. The second-order valence-corrected chi connectivity index (χ2v) is 6.75. The zero-order valence-electron chi connectivity index (χ0n) is 15.5. The van der Waals surface area contributed by atoms with Gasteiger partial charge in [0.15, 0.2) is 0 Å². The first-order valence-corrected chi connectivity index (χ1v) is 8.92. The molecule has 2 aromatic rings. The maximum atomic E-state index is 12.8. The Hall–Kier alpha value is -2.43. The minimum atomic E-state index is 0.0827. The van der Waals surface area contributed by atoms with Crippen molar-refractivity contribution in [2.24, 2.45) is 0 Å². The van der Waals surface area contributed by atoms with Crippen LogP contribution in [0.1, 0.15) is 39.5 Å². The van der Waals surface area contributed by atoms with Gasteiger partial charge in [0.25, 0.3) is 5.91 Å². The number of aromatic nitrogens is 2. The maximum absolute atomic E-state index is 12.8. The lowest BCUT2D eigenvalue weighted by Gasteiger charge is -2.36. The summed E-state index contributed by atoms with van der Waals surface area (Å²) in [5, 5.41) is 0. The van der Waals surface area contributed by atoms with E-state index >= 15 is 0 Å². The molecule has 5 heteroatoms. The van der Waals surface area contributed by atoms with Crippen molar-refractivity contribution in [3.63, 3.8) is 0 Å². The van der Waals surface area contributed by atoms with E-state index in [1.807, 2.05) is 24.9 Å². The van der Waals surface area contributed by atoms with Crippen LogP contribution in [-0.4, -0.2) is 47.0 Å². The van der Waals surface area contributed by atoms with Crippen molar-refractivity contribution >= 4 is 11.7 Å². The van der Waals surface area contributed by atoms with Crippen LogP contribution in [0.15, 0.2) is 24.7 Å². The number of aryl methyl sites for hydroxylation is 3. The fraction of sp³-hybridized carbons (Fsp3) is 0.450. The third kappa shape index (κ3) is 3.50. The maximum Gasteiger partial charge on any atom is 0.255 e. The minimum Gasteiger partial charge on any atom is -0.353 e.